The zero-order valence-electron chi connectivity index (χ0n) is 22.8. The summed E-state index contributed by atoms with van der Waals surface area (Å²) >= 11 is 1.64. The van der Waals surface area contributed by atoms with Gasteiger partial charge in [-0.2, -0.15) is 5.10 Å². The van der Waals surface area contributed by atoms with Crippen molar-refractivity contribution in [3.8, 4) is 33.6 Å². The smallest absolute Gasteiger partial charge is 0.245 e. The lowest BCUT2D eigenvalue weighted by molar-refractivity contribution is -0.127. The van der Waals surface area contributed by atoms with Crippen LogP contribution in [0.5, 0.6) is 0 Å². The highest BCUT2D eigenvalue weighted by atomic mass is 32.1. The fourth-order valence-electron chi connectivity index (χ4n) is 6.02. The van der Waals surface area contributed by atoms with Crippen LogP contribution in [0.25, 0.3) is 43.7 Å². The van der Waals surface area contributed by atoms with Gasteiger partial charge in [0, 0.05) is 52.6 Å². The fourth-order valence-corrected chi connectivity index (χ4v) is 6.98. The first-order valence-electron chi connectivity index (χ1n) is 14.0. The van der Waals surface area contributed by atoms with E-state index in [0.717, 1.165) is 67.7 Å². The van der Waals surface area contributed by atoms with Gasteiger partial charge in [0.1, 0.15) is 5.82 Å². The molecule has 7 nitrogen and oxygen atoms in total. The van der Waals surface area contributed by atoms with Gasteiger partial charge in [0.2, 0.25) is 11.8 Å². The molecule has 1 N–H and O–H groups in total. The van der Waals surface area contributed by atoms with E-state index in [1.165, 1.54) is 18.2 Å². The Morgan fingerprint density at radius 2 is 1.81 bits per heavy atom. The average molecular weight is 578 g/mol. The monoisotopic (exact) mass is 577 g/mol. The maximum absolute atomic E-state index is 14.0. The number of benzene rings is 2. The Balaban J connectivity index is 1.34. The zero-order valence-corrected chi connectivity index (χ0v) is 23.7. The number of hydrogen-bond acceptors (Lipinski definition) is 5. The summed E-state index contributed by atoms with van der Waals surface area (Å²) in [6.45, 7) is 5.43. The van der Waals surface area contributed by atoms with Crippen LogP contribution >= 0.6 is 11.3 Å². The molecule has 0 unspecified atom stereocenters. The first-order chi connectivity index (χ1) is 20.5. The SMILES string of the molecule is C=CC(=O)N1CCC(n2cc(-c3nc(-c4ccc5c(c4)CNC(=O)C5)c4ccsc4c3-c3ccc(F)cc3)cn2)CC1. The van der Waals surface area contributed by atoms with Gasteiger partial charge in [0.25, 0.3) is 0 Å². The van der Waals surface area contributed by atoms with Crippen LogP contribution in [0.1, 0.15) is 30.0 Å². The second-order valence-corrected chi connectivity index (χ2v) is 11.7. The molecule has 0 radical (unpaired) electrons. The third-order valence-corrected chi connectivity index (χ3v) is 9.18. The van der Waals surface area contributed by atoms with E-state index in [0.29, 0.717) is 26.1 Å². The van der Waals surface area contributed by atoms with Crippen LogP contribution in [0.3, 0.4) is 0 Å². The van der Waals surface area contributed by atoms with Crippen LogP contribution in [0.4, 0.5) is 4.39 Å². The number of halogens is 1. The molecule has 2 aliphatic rings. The predicted octanol–water partition coefficient (Wildman–Crippen LogP) is 6.15. The van der Waals surface area contributed by atoms with Gasteiger partial charge in [-0.05, 0) is 65.3 Å². The molecule has 42 heavy (non-hydrogen) atoms. The van der Waals surface area contributed by atoms with Crippen LogP contribution in [0.15, 0.2) is 79.0 Å². The van der Waals surface area contributed by atoms with Crippen molar-refractivity contribution in [3.05, 3.63) is 95.9 Å². The molecule has 0 saturated carbocycles. The molecular formula is C33H28FN5O2S. The number of fused-ring (bicyclic) bond motifs is 2. The van der Waals surface area contributed by atoms with E-state index in [-0.39, 0.29) is 23.7 Å². The van der Waals surface area contributed by atoms with Crippen molar-refractivity contribution in [3.63, 3.8) is 0 Å². The van der Waals surface area contributed by atoms with Crippen molar-refractivity contribution in [1.82, 2.24) is 25.0 Å². The normalized spacial score (nSPS) is 15.5. The van der Waals surface area contributed by atoms with Crippen molar-refractivity contribution >= 4 is 33.2 Å². The first kappa shape index (κ1) is 26.3. The quantitative estimate of drug-likeness (QED) is 0.254. The zero-order chi connectivity index (χ0) is 28.8. The number of thiophene rings is 1. The van der Waals surface area contributed by atoms with E-state index in [2.05, 4.69) is 29.4 Å². The highest BCUT2D eigenvalue weighted by Gasteiger charge is 2.25. The molecule has 210 valence electrons. The summed E-state index contributed by atoms with van der Waals surface area (Å²) in [5.74, 6) is -0.291. The fraction of sp³-hybridized carbons (Fsp3) is 0.212. The molecule has 1 saturated heterocycles. The van der Waals surface area contributed by atoms with Crippen LogP contribution in [0.2, 0.25) is 0 Å². The van der Waals surface area contributed by atoms with Crippen LogP contribution < -0.4 is 5.32 Å². The number of nitrogens with zero attached hydrogens (tertiary/aromatic N) is 4. The Bertz CT molecular complexity index is 1850. The Kier molecular flexibility index (Phi) is 6.66. The molecule has 1 fully saturated rings. The van der Waals surface area contributed by atoms with Crippen LogP contribution in [0, 0.1) is 5.82 Å². The summed E-state index contributed by atoms with van der Waals surface area (Å²) in [7, 11) is 0. The Labute approximate surface area is 246 Å². The molecule has 2 amide bonds. The van der Waals surface area contributed by atoms with Gasteiger partial charge in [-0.1, -0.05) is 30.8 Å². The maximum Gasteiger partial charge on any atom is 0.245 e. The van der Waals surface area contributed by atoms with E-state index in [1.807, 2.05) is 34.1 Å². The minimum Gasteiger partial charge on any atom is -0.352 e. The summed E-state index contributed by atoms with van der Waals surface area (Å²) in [6, 6.07) is 15.0. The first-order valence-corrected chi connectivity index (χ1v) is 14.9. The number of carbonyl (C=O) groups is 2. The number of amides is 2. The largest absolute Gasteiger partial charge is 0.352 e. The number of piperidine rings is 1. The van der Waals surface area contributed by atoms with Crippen LogP contribution in [-0.4, -0.2) is 44.6 Å². The van der Waals surface area contributed by atoms with E-state index >= 15 is 0 Å². The summed E-state index contributed by atoms with van der Waals surface area (Å²) < 4.78 is 17.0. The molecule has 5 aromatic rings. The van der Waals surface area contributed by atoms with Gasteiger partial charge >= 0.3 is 0 Å². The molecule has 5 heterocycles. The van der Waals surface area contributed by atoms with Gasteiger partial charge in [-0.25, -0.2) is 9.37 Å². The van der Waals surface area contributed by atoms with Gasteiger partial charge in [-0.15, -0.1) is 11.3 Å². The van der Waals surface area contributed by atoms with Crippen molar-refractivity contribution < 1.29 is 14.0 Å². The minimum atomic E-state index is -0.289. The van der Waals surface area contributed by atoms with Crippen molar-refractivity contribution in [2.75, 3.05) is 13.1 Å². The van der Waals surface area contributed by atoms with Crippen molar-refractivity contribution in [1.29, 1.82) is 0 Å². The number of hydrogen-bond donors (Lipinski definition) is 1. The van der Waals surface area contributed by atoms with Gasteiger partial charge in [0.15, 0.2) is 0 Å². The number of pyridine rings is 1. The van der Waals surface area contributed by atoms with Gasteiger partial charge in [-0.3, -0.25) is 14.3 Å². The Hall–Kier alpha value is -4.63. The van der Waals surface area contributed by atoms with E-state index in [1.54, 1.807) is 23.5 Å². The number of nitrogens with one attached hydrogen (secondary N) is 1. The molecule has 0 aliphatic carbocycles. The van der Waals surface area contributed by atoms with Crippen LogP contribution in [-0.2, 0) is 22.6 Å². The number of rotatable bonds is 5. The van der Waals surface area contributed by atoms with Crippen molar-refractivity contribution in [2.45, 2.75) is 31.8 Å². The number of carbonyl (C=O) groups excluding carboxylic acids is 2. The highest BCUT2D eigenvalue weighted by molar-refractivity contribution is 7.18. The molecule has 0 atom stereocenters. The summed E-state index contributed by atoms with van der Waals surface area (Å²) in [4.78, 5) is 31.1. The lowest BCUT2D eigenvalue weighted by Crippen LogP contribution is -2.38. The van der Waals surface area contributed by atoms with E-state index in [9.17, 15) is 14.0 Å². The summed E-state index contributed by atoms with van der Waals surface area (Å²) in [5.41, 5.74) is 7.45. The van der Waals surface area contributed by atoms with Gasteiger partial charge < -0.3 is 10.2 Å². The lowest BCUT2D eigenvalue weighted by Gasteiger charge is -2.31. The topological polar surface area (TPSA) is 80.1 Å². The third-order valence-electron chi connectivity index (χ3n) is 8.25. The molecule has 0 spiro atoms. The summed E-state index contributed by atoms with van der Waals surface area (Å²) in [5, 5.41) is 10.8. The average Bonchev–Trinajstić information content (AvgIpc) is 3.71. The predicted molar refractivity (Wildman–Crippen MR) is 162 cm³/mol. The molecule has 3 aromatic heterocycles. The van der Waals surface area contributed by atoms with E-state index in [4.69, 9.17) is 10.1 Å². The number of likely N-dealkylation sites (tertiary alicyclic amines) is 1. The van der Waals surface area contributed by atoms with E-state index < -0.39 is 0 Å². The summed E-state index contributed by atoms with van der Waals surface area (Å²) in [6.07, 6.45) is 7.25. The molecule has 7 rings (SSSR count). The Morgan fingerprint density at radius 3 is 2.60 bits per heavy atom. The molecular weight excluding hydrogens is 549 g/mol. The molecule has 2 aliphatic heterocycles. The molecule has 2 aromatic carbocycles. The standard InChI is InChI=1S/C33H28FN5O2S/c1-2-29(41)38-12-9-26(10-13-38)39-19-24(18-36-39)32-30(20-5-7-25(34)8-6-20)33-27(11-14-42-33)31(37-32)22-4-3-21-16-28(40)35-17-23(21)15-22/h2-8,11,14-15,18-19,26H,1,9-10,12-13,16-17H2,(H,35,40). The third kappa shape index (κ3) is 4.69. The molecule has 0 bridgehead atoms. The Morgan fingerprint density at radius 1 is 1.02 bits per heavy atom. The molecule has 9 heteroatoms. The minimum absolute atomic E-state index is 0.0366. The maximum atomic E-state index is 14.0. The van der Waals surface area contributed by atoms with Crippen molar-refractivity contribution in [2.24, 2.45) is 0 Å². The second-order valence-electron chi connectivity index (χ2n) is 10.8. The highest BCUT2D eigenvalue weighted by Crippen LogP contribution is 2.43. The van der Waals surface area contributed by atoms with Gasteiger partial charge in [0.05, 0.1) is 30.0 Å². The lowest BCUT2D eigenvalue weighted by atomic mass is 9.94. The second kappa shape index (κ2) is 10.6. The number of aromatic nitrogens is 3.